The van der Waals surface area contributed by atoms with Crippen molar-refractivity contribution in [3.63, 3.8) is 0 Å². The molecule has 0 saturated carbocycles. The van der Waals surface area contributed by atoms with Crippen LogP contribution in [0, 0.1) is 22.7 Å². The van der Waals surface area contributed by atoms with Gasteiger partial charge in [0, 0.05) is 33.5 Å². The molecule has 8 rings (SSSR count). The average molecular weight is 731 g/mol. The van der Waals surface area contributed by atoms with Gasteiger partial charge in [0.05, 0.1) is 50.8 Å². The summed E-state index contributed by atoms with van der Waals surface area (Å²) in [5.74, 6) is 0. The third kappa shape index (κ3) is 6.20. The van der Waals surface area contributed by atoms with Crippen molar-refractivity contribution in [2.24, 2.45) is 0 Å². The summed E-state index contributed by atoms with van der Waals surface area (Å²) in [5, 5.41) is 29.2. The molecule has 0 radical (unpaired) electrons. The average Bonchev–Trinajstić information content (AvgIpc) is 3.18. The van der Waals surface area contributed by atoms with Gasteiger partial charge in [-0.3, -0.25) is 0 Å². The van der Waals surface area contributed by atoms with Crippen LogP contribution in [0.15, 0.2) is 146 Å². The van der Waals surface area contributed by atoms with E-state index >= 15 is 0 Å². The fourth-order valence-electron chi connectivity index (χ4n) is 7.61. The van der Waals surface area contributed by atoms with Crippen LogP contribution in [0.25, 0.3) is 32.3 Å². The third-order valence-corrected chi connectivity index (χ3v) is 14.7. The first-order chi connectivity index (χ1) is 25.9. The normalized spacial score (nSPS) is 11.9. The van der Waals surface area contributed by atoms with Gasteiger partial charge in [-0.05, 0) is 106 Å². The SMILES string of the molecule is C[Si](C)(C)c1ccc(N(c2ccc(C#N)cc2)c2ccc3ccc4c(N(c5ccc(C#N)cc5)c5ccc([Si](C)(C)C)cc5)ccc5ccc2c3c54)cc1. The highest BCUT2D eigenvalue weighted by Gasteiger charge is 2.24. The Hall–Kier alpha value is -6.19. The van der Waals surface area contributed by atoms with Crippen molar-refractivity contribution in [3.05, 3.63) is 157 Å². The summed E-state index contributed by atoms with van der Waals surface area (Å²) in [4.78, 5) is 4.65. The molecular weight excluding hydrogens is 689 g/mol. The number of nitrogens with zero attached hydrogens (tertiary/aromatic N) is 4. The summed E-state index contributed by atoms with van der Waals surface area (Å²) in [5.41, 5.74) is 7.59. The van der Waals surface area contributed by atoms with Crippen LogP contribution >= 0.6 is 0 Å². The van der Waals surface area contributed by atoms with Crippen LogP contribution in [0.5, 0.6) is 0 Å². The zero-order valence-corrected chi connectivity index (χ0v) is 33.6. The molecule has 0 aliphatic carbocycles. The largest absolute Gasteiger partial charge is 0.310 e. The first kappa shape index (κ1) is 34.9. The van der Waals surface area contributed by atoms with Crippen molar-refractivity contribution >= 4 is 93.0 Å². The van der Waals surface area contributed by atoms with Crippen LogP contribution in [0.1, 0.15) is 11.1 Å². The summed E-state index contributed by atoms with van der Waals surface area (Å²) < 4.78 is 0. The lowest BCUT2D eigenvalue weighted by Crippen LogP contribution is -2.37. The summed E-state index contributed by atoms with van der Waals surface area (Å²) in [6.07, 6.45) is 0. The number of rotatable bonds is 8. The number of benzene rings is 8. The van der Waals surface area contributed by atoms with Crippen molar-refractivity contribution in [1.29, 1.82) is 10.5 Å². The minimum Gasteiger partial charge on any atom is -0.310 e. The van der Waals surface area contributed by atoms with Crippen LogP contribution in [0.2, 0.25) is 39.3 Å². The lowest BCUT2D eigenvalue weighted by molar-refractivity contribution is 1.29. The Morgan fingerprint density at radius 1 is 0.370 bits per heavy atom. The summed E-state index contributed by atoms with van der Waals surface area (Å²) in [6, 6.07) is 56.4. The summed E-state index contributed by atoms with van der Waals surface area (Å²) in [7, 11) is -3.00. The molecule has 0 N–H and O–H groups in total. The van der Waals surface area contributed by atoms with E-state index in [2.05, 4.69) is 158 Å². The minimum atomic E-state index is -1.50. The molecule has 8 aromatic rings. The zero-order valence-electron chi connectivity index (χ0n) is 31.6. The molecule has 0 fully saturated rings. The number of nitriles is 2. The van der Waals surface area contributed by atoms with Gasteiger partial charge in [0.15, 0.2) is 0 Å². The van der Waals surface area contributed by atoms with Gasteiger partial charge in [-0.1, -0.05) is 110 Å². The van der Waals surface area contributed by atoms with Gasteiger partial charge >= 0.3 is 0 Å². The van der Waals surface area contributed by atoms with Gasteiger partial charge in [-0.25, -0.2) is 0 Å². The molecule has 4 nitrogen and oxygen atoms in total. The Labute approximate surface area is 320 Å². The predicted octanol–water partition coefficient (Wildman–Crippen LogP) is 12.4. The van der Waals surface area contributed by atoms with Gasteiger partial charge in [0.1, 0.15) is 0 Å². The third-order valence-electron chi connectivity index (χ3n) is 10.6. The standard InChI is InChI=1S/C48H42N4Si2/c1-53(2,3)41-23-19-39(20-24-41)51(37-15-7-33(31-49)8-16-37)45-29-13-35-12-28-44-46(30-14-36-11-27-43(45)47(35)48(36)44)52(38-17-9-34(32-50)10-18-38)40-21-25-42(26-22-40)54(4,5)6/h7-30H,1-6H3. The molecule has 6 heteroatoms. The van der Waals surface area contributed by atoms with E-state index in [9.17, 15) is 10.5 Å². The maximum Gasteiger partial charge on any atom is 0.0991 e. The van der Waals surface area contributed by atoms with Gasteiger partial charge in [0.2, 0.25) is 0 Å². The molecule has 0 bridgehead atoms. The Morgan fingerprint density at radius 3 is 0.963 bits per heavy atom. The highest BCUT2D eigenvalue weighted by Crippen LogP contribution is 2.47. The molecule has 0 atom stereocenters. The van der Waals surface area contributed by atoms with E-state index in [1.165, 1.54) is 31.9 Å². The Morgan fingerprint density at radius 2 is 0.667 bits per heavy atom. The molecule has 262 valence electrons. The maximum absolute atomic E-state index is 9.61. The number of hydrogen-bond acceptors (Lipinski definition) is 4. The molecule has 0 amide bonds. The second-order valence-electron chi connectivity index (χ2n) is 16.2. The first-order valence-electron chi connectivity index (χ1n) is 18.5. The van der Waals surface area contributed by atoms with Crippen LogP contribution in [-0.4, -0.2) is 16.1 Å². The van der Waals surface area contributed by atoms with Gasteiger partial charge in [0.25, 0.3) is 0 Å². The van der Waals surface area contributed by atoms with Crippen molar-refractivity contribution in [2.45, 2.75) is 39.3 Å². The zero-order chi connectivity index (χ0) is 37.8. The molecule has 0 saturated heterocycles. The fourth-order valence-corrected chi connectivity index (χ4v) is 9.94. The topological polar surface area (TPSA) is 54.1 Å². The van der Waals surface area contributed by atoms with Crippen molar-refractivity contribution in [1.82, 2.24) is 0 Å². The Kier molecular flexibility index (Phi) is 8.62. The van der Waals surface area contributed by atoms with Crippen molar-refractivity contribution < 1.29 is 0 Å². The van der Waals surface area contributed by atoms with E-state index in [0.29, 0.717) is 11.1 Å². The number of anilines is 6. The highest BCUT2D eigenvalue weighted by atomic mass is 28.3. The lowest BCUT2D eigenvalue weighted by Gasteiger charge is -2.30. The van der Waals surface area contributed by atoms with E-state index in [4.69, 9.17) is 0 Å². The molecule has 0 unspecified atom stereocenters. The molecular formula is C48H42N4Si2. The quantitative estimate of drug-likeness (QED) is 0.115. The Balaban J connectivity index is 1.36. The molecule has 0 aliphatic rings. The van der Waals surface area contributed by atoms with E-state index in [1.54, 1.807) is 0 Å². The van der Waals surface area contributed by atoms with Crippen molar-refractivity contribution in [3.8, 4) is 12.1 Å². The van der Waals surface area contributed by atoms with E-state index in [0.717, 1.165) is 44.9 Å². The lowest BCUT2D eigenvalue weighted by atomic mass is 9.91. The van der Waals surface area contributed by atoms with Crippen LogP contribution in [-0.2, 0) is 0 Å². The monoisotopic (exact) mass is 730 g/mol. The Bertz CT molecular complexity index is 2530. The highest BCUT2D eigenvalue weighted by molar-refractivity contribution is 6.89. The molecule has 0 spiro atoms. The van der Waals surface area contributed by atoms with Crippen LogP contribution in [0.4, 0.5) is 34.1 Å². The van der Waals surface area contributed by atoms with Crippen LogP contribution in [0.3, 0.4) is 0 Å². The van der Waals surface area contributed by atoms with E-state index in [1.807, 2.05) is 48.5 Å². The van der Waals surface area contributed by atoms with Gasteiger partial charge < -0.3 is 9.80 Å². The predicted molar refractivity (Wildman–Crippen MR) is 235 cm³/mol. The molecule has 8 aromatic carbocycles. The smallest absolute Gasteiger partial charge is 0.0991 e. The molecule has 0 aliphatic heterocycles. The van der Waals surface area contributed by atoms with Crippen molar-refractivity contribution in [2.75, 3.05) is 9.80 Å². The second kappa shape index (κ2) is 13.3. The summed E-state index contributed by atoms with van der Waals surface area (Å²) >= 11 is 0. The van der Waals surface area contributed by atoms with Gasteiger partial charge in [-0.15, -0.1) is 0 Å². The van der Waals surface area contributed by atoms with E-state index < -0.39 is 16.1 Å². The number of hydrogen-bond donors (Lipinski definition) is 0. The minimum absolute atomic E-state index is 0.637. The maximum atomic E-state index is 9.61. The molecule has 0 aromatic heterocycles. The molecule has 0 heterocycles. The summed E-state index contributed by atoms with van der Waals surface area (Å²) in [6.45, 7) is 14.3. The second-order valence-corrected chi connectivity index (χ2v) is 26.3. The van der Waals surface area contributed by atoms with Gasteiger partial charge in [-0.2, -0.15) is 10.5 Å². The fraction of sp³-hybridized carbons (Fsp3) is 0.125. The molecule has 54 heavy (non-hydrogen) atoms. The van der Waals surface area contributed by atoms with E-state index in [-0.39, 0.29) is 0 Å². The van der Waals surface area contributed by atoms with Crippen LogP contribution < -0.4 is 20.2 Å². The first-order valence-corrected chi connectivity index (χ1v) is 25.5.